The average Bonchev–Trinajstić information content (AvgIpc) is 2.47. The fraction of sp³-hybridized carbons (Fsp3) is 0.267. The Labute approximate surface area is 128 Å². The van der Waals surface area contributed by atoms with Crippen LogP contribution in [0.15, 0.2) is 47.6 Å². The predicted octanol–water partition coefficient (Wildman–Crippen LogP) is 4.30. The van der Waals surface area contributed by atoms with Gasteiger partial charge in [-0.1, -0.05) is 11.6 Å². The lowest BCUT2D eigenvalue weighted by Crippen LogP contribution is -2.00. The van der Waals surface area contributed by atoms with Gasteiger partial charge in [-0.3, -0.25) is 0 Å². The first-order valence-corrected chi connectivity index (χ1v) is 7.74. The van der Waals surface area contributed by atoms with E-state index in [1.54, 1.807) is 18.0 Å². The smallest absolute Gasteiger partial charge is 0.119 e. The standard InChI is InChI=1S/C15H16ClNO2S/c1-2-18-13-4-6-14(7-5-13)19-9-10-20-15-8-3-12(16)11-17-15/h3-8,11H,2,9-10H2,1H3. The quantitative estimate of drug-likeness (QED) is 0.563. The minimum Gasteiger partial charge on any atom is -0.494 e. The van der Waals surface area contributed by atoms with E-state index >= 15 is 0 Å². The number of hydrogen-bond donors (Lipinski definition) is 0. The zero-order chi connectivity index (χ0) is 14.2. The van der Waals surface area contributed by atoms with Crippen LogP contribution in [0.4, 0.5) is 0 Å². The molecule has 0 saturated heterocycles. The topological polar surface area (TPSA) is 31.4 Å². The maximum Gasteiger partial charge on any atom is 0.119 e. The molecular weight excluding hydrogens is 294 g/mol. The summed E-state index contributed by atoms with van der Waals surface area (Å²) in [7, 11) is 0. The zero-order valence-corrected chi connectivity index (χ0v) is 12.8. The summed E-state index contributed by atoms with van der Waals surface area (Å²) < 4.78 is 11.0. The summed E-state index contributed by atoms with van der Waals surface area (Å²) >= 11 is 7.42. The minimum absolute atomic E-state index is 0.628. The van der Waals surface area contributed by atoms with Crippen LogP contribution < -0.4 is 9.47 Å². The number of aromatic nitrogens is 1. The number of thioether (sulfide) groups is 1. The van der Waals surface area contributed by atoms with E-state index in [1.165, 1.54) is 0 Å². The lowest BCUT2D eigenvalue weighted by atomic mass is 10.3. The van der Waals surface area contributed by atoms with Crippen molar-refractivity contribution in [3.63, 3.8) is 0 Å². The number of pyridine rings is 1. The second-order valence-corrected chi connectivity index (χ2v) is 5.47. The number of rotatable bonds is 7. The normalized spacial score (nSPS) is 10.3. The molecule has 0 fully saturated rings. The molecule has 1 aromatic heterocycles. The summed E-state index contributed by atoms with van der Waals surface area (Å²) in [6.07, 6.45) is 1.65. The first-order valence-electron chi connectivity index (χ1n) is 6.38. The van der Waals surface area contributed by atoms with E-state index in [2.05, 4.69) is 4.98 Å². The first-order chi connectivity index (χ1) is 9.78. The molecule has 0 aliphatic heterocycles. The number of nitrogens with zero attached hydrogens (tertiary/aromatic N) is 1. The SMILES string of the molecule is CCOc1ccc(OCCSc2ccc(Cl)cn2)cc1. The molecule has 2 aromatic rings. The minimum atomic E-state index is 0.628. The molecule has 5 heteroatoms. The van der Waals surface area contributed by atoms with Gasteiger partial charge in [-0.25, -0.2) is 4.98 Å². The zero-order valence-electron chi connectivity index (χ0n) is 11.2. The average molecular weight is 310 g/mol. The van der Waals surface area contributed by atoms with E-state index in [0.29, 0.717) is 18.2 Å². The summed E-state index contributed by atoms with van der Waals surface area (Å²) in [5.74, 6) is 2.54. The van der Waals surface area contributed by atoms with Gasteiger partial charge in [-0.2, -0.15) is 0 Å². The van der Waals surface area contributed by atoms with Crippen molar-refractivity contribution >= 4 is 23.4 Å². The molecule has 0 radical (unpaired) electrons. The Morgan fingerprint density at radius 2 is 1.75 bits per heavy atom. The largest absolute Gasteiger partial charge is 0.494 e. The van der Waals surface area contributed by atoms with Crippen LogP contribution in [0.3, 0.4) is 0 Å². The Hall–Kier alpha value is -1.39. The van der Waals surface area contributed by atoms with Crippen molar-refractivity contribution in [2.45, 2.75) is 11.9 Å². The van der Waals surface area contributed by atoms with E-state index in [9.17, 15) is 0 Å². The van der Waals surface area contributed by atoms with Crippen LogP contribution in [0.25, 0.3) is 0 Å². The molecule has 0 bridgehead atoms. The molecule has 20 heavy (non-hydrogen) atoms. The van der Waals surface area contributed by atoms with Crippen LogP contribution >= 0.6 is 23.4 Å². The van der Waals surface area contributed by atoms with Crippen molar-refractivity contribution in [1.82, 2.24) is 4.98 Å². The Morgan fingerprint density at radius 3 is 2.35 bits per heavy atom. The molecule has 0 aliphatic rings. The van der Waals surface area contributed by atoms with Crippen LogP contribution in [0.5, 0.6) is 11.5 Å². The molecule has 3 nitrogen and oxygen atoms in total. The molecular formula is C15H16ClNO2S. The Balaban J connectivity index is 1.71. The monoisotopic (exact) mass is 309 g/mol. The van der Waals surface area contributed by atoms with Crippen molar-refractivity contribution < 1.29 is 9.47 Å². The fourth-order valence-corrected chi connectivity index (χ4v) is 2.33. The highest BCUT2D eigenvalue weighted by Crippen LogP contribution is 2.19. The third kappa shape index (κ3) is 4.94. The van der Waals surface area contributed by atoms with Gasteiger partial charge in [0.05, 0.1) is 23.3 Å². The second kappa shape index (κ2) is 8.02. The van der Waals surface area contributed by atoms with Crippen LogP contribution in [0.2, 0.25) is 5.02 Å². The molecule has 1 heterocycles. The van der Waals surface area contributed by atoms with Gasteiger partial charge < -0.3 is 9.47 Å². The van der Waals surface area contributed by atoms with E-state index in [1.807, 2.05) is 43.3 Å². The third-order valence-corrected chi connectivity index (χ3v) is 3.57. The van der Waals surface area contributed by atoms with E-state index in [0.717, 1.165) is 22.3 Å². The summed E-state index contributed by atoms with van der Waals surface area (Å²) in [4.78, 5) is 4.21. The number of ether oxygens (including phenoxy) is 2. The molecule has 0 saturated carbocycles. The van der Waals surface area contributed by atoms with E-state index in [-0.39, 0.29) is 0 Å². The van der Waals surface area contributed by atoms with Crippen LogP contribution in [-0.4, -0.2) is 24.0 Å². The summed E-state index contributed by atoms with van der Waals surface area (Å²) in [5.41, 5.74) is 0. The first kappa shape index (κ1) is 15.0. The van der Waals surface area contributed by atoms with Crippen molar-refractivity contribution in [2.24, 2.45) is 0 Å². The van der Waals surface area contributed by atoms with Gasteiger partial charge in [-0.05, 0) is 43.3 Å². The molecule has 1 aromatic carbocycles. The van der Waals surface area contributed by atoms with Gasteiger partial charge in [-0.15, -0.1) is 11.8 Å². The molecule has 0 N–H and O–H groups in total. The van der Waals surface area contributed by atoms with Gasteiger partial charge in [0.2, 0.25) is 0 Å². The lowest BCUT2D eigenvalue weighted by molar-refractivity contribution is 0.332. The molecule has 0 amide bonds. The van der Waals surface area contributed by atoms with Gasteiger partial charge >= 0.3 is 0 Å². The van der Waals surface area contributed by atoms with Crippen LogP contribution in [0.1, 0.15) is 6.92 Å². The highest BCUT2D eigenvalue weighted by molar-refractivity contribution is 7.99. The van der Waals surface area contributed by atoms with Crippen LogP contribution in [-0.2, 0) is 0 Å². The molecule has 0 spiro atoms. The van der Waals surface area contributed by atoms with Gasteiger partial charge in [0.25, 0.3) is 0 Å². The molecule has 106 valence electrons. The fourth-order valence-electron chi connectivity index (χ4n) is 1.55. The van der Waals surface area contributed by atoms with Crippen LogP contribution in [0, 0.1) is 0 Å². The van der Waals surface area contributed by atoms with E-state index in [4.69, 9.17) is 21.1 Å². The molecule has 2 rings (SSSR count). The van der Waals surface area contributed by atoms with E-state index < -0.39 is 0 Å². The lowest BCUT2D eigenvalue weighted by Gasteiger charge is -2.07. The van der Waals surface area contributed by atoms with Gasteiger partial charge in [0, 0.05) is 11.9 Å². The highest BCUT2D eigenvalue weighted by Gasteiger charge is 1.98. The molecule has 0 unspecified atom stereocenters. The molecule has 0 atom stereocenters. The maximum absolute atomic E-state index is 5.78. The van der Waals surface area contributed by atoms with Crippen molar-refractivity contribution in [3.8, 4) is 11.5 Å². The van der Waals surface area contributed by atoms with Gasteiger partial charge in [0.15, 0.2) is 0 Å². The predicted molar refractivity (Wildman–Crippen MR) is 83.1 cm³/mol. The summed E-state index contributed by atoms with van der Waals surface area (Å²) in [6, 6.07) is 11.4. The Kier molecular flexibility index (Phi) is 6.02. The molecule has 0 aliphatic carbocycles. The number of benzene rings is 1. The summed E-state index contributed by atoms with van der Waals surface area (Å²) in [5, 5.41) is 1.60. The van der Waals surface area contributed by atoms with Crippen molar-refractivity contribution in [1.29, 1.82) is 0 Å². The Bertz CT molecular complexity index is 516. The van der Waals surface area contributed by atoms with Crippen molar-refractivity contribution in [3.05, 3.63) is 47.6 Å². The Morgan fingerprint density at radius 1 is 1.05 bits per heavy atom. The van der Waals surface area contributed by atoms with Crippen molar-refractivity contribution in [2.75, 3.05) is 19.0 Å². The highest BCUT2D eigenvalue weighted by atomic mass is 35.5. The number of hydrogen-bond acceptors (Lipinski definition) is 4. The maximum atomic E-state index is 5.78. The second-order valence-electron chi connectivity index (χ2n) is 3.92. The van der Waals surface area contributed by atoms with Gasteiger partial charge in [0.1, 0.15) is 11.5 Å². The third-order valence-electron chi connectivity index (χ3n) is 2.44. The number of halogens is 1. The summed E-state index contributed by atoms with van der Waals surface area (Å²) in [6.45, 7) is 3.26.